The summed E-state index contributed by atoms with van der Waals surface area (Å²) in [6, 6.07) is 1.92. The first-order valence-electron chi connectivity index (χ1n) is 9.53. The Morgan fingerprint density at radius 3 is 2.83 bits per heavy atom. The minimum absolute atomic E-state index is 0.0117. The lowest BCUT2D eigenvalue weighted by molar-refractivity contribution is -0.129. The highest BCUT2D eigenvalue weighted by molar-refractivity contribution is 5.96. The van der Waals surface area contributed by atoms with Crippen LogP contribution in [0.5, 0.6) is 0 Å². The molecule has 0 bridgehead atoms. The normalized spacial score (nSPS) is 18.9. The molecular formula is C20H27N7O2. The van der Waals surface area contributed by atoms with Crippen LogP contribution in [-0.2, 0) is 11.8 Å². The van der Waals surface area contributed by atoms with Crippen molar-refractivity contribution in [2.45, 2.75) is 31.8 Å². The lowest BCUT2D eigenvalue weighted by Gasteiger charge is -2.43. The van der Waals surface area contributed by atoms with Crippen molar-refractivity contribution in [1.29, 1.82) is 0 Å². The van der Waals surface area contributed by atoms with Crippen molar-refractivity contribution >= 4 is 29.1 Å². The fraction of sp³-hybridized carbons (Fsp3) is 0.400. The number of aryl methyl sites for hydroxylation is 1. The van der Waals surface area contributed by atoms with Gasteiger partial charge in [0.25, 0.3) is 5.91 Å². The smallest absolute Gasteiger partial charge is 0.271 e. The van der Waals surface area contributed by atoms with Gasteiger partial charge in [0.05, 0.1) is 17.9 Å². The van der Waals surface area contributed by atoms with Gasteiger partial charge >= 0.3 is 0 Å². The fourth-order valence-corrected chi connectivity index (χ4v) is 3.77. The van der Waals surface area contributed by atoms with Gasteiger partial charge in [-0.3, -0.25) is 9.59 Å². The van der Waals surface area contributed by atoms with E-state index in [9.17, 15) is 9.59 Å². The van der Waals surface area contributed by atoms with E-state index in [-0.39, 0.29) is 23.7 Å². The predicted molar refractivity (Wildman–Crippen MR) is 112 cm³/mol. The first-order chi connectivity index (χ1) is 13.8. The van der Waals surface area contributed by atoms with Gasteiger partial charge < -0.3 is 25.4 Å². The second-order valence-electron chi connectivity index (χ2n) is 7.28. The van der Waals surface area contributed by atoms with Crippen LogP contribution in [0.4, 0.5) is 17.3 Å². The quantitative estimate of drug-likeness (QED) is 0.718. The Labute approximate surface area is 170 Å². The molecule has 3 rings (SSSR count). The number of hydrogen-bond donors (Lipinski definition) is 2. The molecule has 0 aromatic carbocycles. The highest BCUT2D eigenvalue weighted by Gasteiger charge is 2.33. The number of rotatable bonds is 6. The van der Waals surface area contributed by atoms with Gasteiger partial charge in [-0.25, -0.2) is 9.97 Å². The van der Waals surface area contributed by atoms with E-state index in [0.717, 1.165) is 18.5 Å². The summed E-state index contributed by atoms with van der Waals surface area (Å²) in [5, 5.41) is 3.12. The molecule has 2 amide bonds. The molecule has 1 aliphatic rings. The Hall–Kier alpha value is -3.36. The van der Waals surface area contributed by atoms with Crippen molar-refractivity contribution in [3.63, 3.8) is 0 Å². The molecule has 0 unspecified atom stereocenters. The van der Waals surface area contributed by atoms with Gasteiger partial charge in [-0.1, -0.05) is 6.58 Å². The predicted octanol–water partition coefficient (Wildman–Crippen LogP) is 1.66. The molecule has 9 nitrogen and oxygen atoms in total. The molecule has 9 heteroatoms. The van der Waals surface area contributed by atoms with Crippen molar-refractivity contribution in [2.24, 2.45) is 12.8 Å². The van der Waals surface area contributed by atoms with E-state index >= 15 is 0 Å². The summed E-state index contributed by atoms with van der Waals surface area (Å²) in [5.74, 6) is 0.171. The number of piperidine rings is 1. The number of primary amides is 1. The molecule has 2 aromatic heterocycles. The summed E-state index contributed by atoms with van der Waals surface area (Å²) in [4.78, 5) is 36.7. The van der Waals surface area contributed by atoms with E-state index in [2.05, 4.69) is 21.9 Å². The molecule has 0 spiro atoms. The molecule has 1 saturated heterocycles. The lowest BCUT2D eigenvalue weighted by atomic mass is 9.96. The maximum absolute atomic E-state index is 12.2. The van der Waals surface area contributed by atoms with Crippen LogP contribution in [0.15, 0.2) is 37.3 Å². The molecule has 154 valence electrons. The average Bonchev–Trinajstić information content (AvgIpc) is 3.11. The molecule has 0 saturated carbocycles. The number of amides is 2. The molecule has 3 N–H and O–H groups in total. The third-order valence-electron chi connectivity index (χ3n) is 5.35. The highest BCUT2D eigenvalue weighted by Crippen LogP contribution is 2.27. The minimum atomic E-state index is -0.654. The molecule has 3 heterocycles. The number of nitrogens with zero attached hydrogens (tertiary/aromatic N) is 5. The van der Waals surface area contributed by atoms with Gasteiger partial charge in [0.15, 0.2) is 11.5 Å². The number of likely N-dealkylation sites (tertiary alicyclic amines) is 1. The number of nitrogens with two attached hydrogens (primary N) is 1. The lowest BCUT2D eigenvalue weighted by Crippen LogP contribution is -2.55. The largest absolute Gasteiger partial charge is 0.364 e. The third kappa shape index (κ3) is 4.23. The number of hydrogen-bond acceptors (Lipinski definition) is 6. The van der Waals surface area contributed by atoms with Crippen molar-refractivity contribution < 1.29 is 9.59 Å². The Morgan fingerprint density at radius 1 is 1.45 bits per heavy atom. The number of carbonyl (C=O) groups is 2. The van der Waals surface area contributed by atoms with Crippen molar-refractivity contribution in [3.8, 4) is 0 Å². The van der Waals surface area contributed by atoms with Crippen LogP contribution in [0.3, 0.4) is 0 Å². The first-order valence-corrected chi connectivity index (χ1v) is 9.53. The van der Waals surface area contributed by atoms with Gasteiger partial charge in [0.2, 0.25) is 5.91 Å². The van der Waals surface area contributed by atoms with E-state index in [4.69, 9.17) is 5.73 Å². The Balaban J connectivity index is 1.89. The zero-order valence-electron chi connectivity index (χ0n) is 17.0. The summed E-state index contributed by atoms with van der Waals surface area (Å²) in [6.45, 7) is 6.33. The monoisotopic (exact) mass is 397 g/mol. The molecule has 2 aromatic rings. The number of anilines is 3. The maximum atomic E-state index is 12.2. The van der Waals surface area contributed by atoms with E-state index in [1.54, 1.807) is 0 Å². The van der Waals surface area contributed by atoms with Gasteiger partial charge in [0.1, 0.15) is 5.82 Å². The zero-order chi connectivity index (χ0) is 21.1. The Bertz CT molecular complexity index is 923. The van der Waals surface area contributed by atoms with Gasteiger partial charge in [-0.2, -0.15) is 0 Å². The van der Waals surface area contributed by atoms with E-state index in [1.165, 1.54) is 12.3 Å². The summed E-state index contributed by atoms with van der Waals surface area (Å²) in [7, 11) is 3.82. The summed E-state index contributed by atoms with van der Waals surface area (Å²) in [5.41, 5.74) is 6.33. The fourth-order valence-electron chi connectivity index (χ4n) is 3.77. The first kappa shape index (κ1) is 20.4. The van der Waals surface area contributed by atoms with Gasteiger partial charge in [0, 0.05) is 39.1 Å². The number of nitrogens with one attached hydrogen (secondary N) is 1. The SMILES string of the molecule is C=CC(=O)N1CCC[C@@H](N(C)c2cnc(C(N)=O)c(Nc3ccn(C)c3)n2)[C@H]1C. The van der Waals surface area contributed by atoms with Crippen LogP contribution in [0.1, 0.15) is 30.3 Å². The van der Waals surface area contributed by atoms with E-state index < -0.39 is 5.91 Å². The molecule has 1 fully saturated rings. The van der Waals surface area contributed by atoms with Crippen molar-refractivity contribution in [3.05, 3.63) is 43.0 Å². The Morgan fingerprint density at radius 2 is 2.21 bits per heavy atom. The molecule has 29 heavy (non-hydrogen) atoms. The third-order valence-corrected chi connectivity index (χ3v) is 5.35. The molecule has 0 radical (unpaired) electrons. The van der Waals surface area contributed by atoms with Crippen LogP contribution in [0, 0.1) is 0 Å². The summed E-state index contributed by atoms with van der Waals surface area (Å²) in [6.07, 6.45) is 8.44. The van der Waals surface area contributed by atoms with Crippen LogP contribution in [0.2, 0.25) is 0 Å². The van der Waals surface area contributed by atoms with Crippen LogP contribution >= 0.6 is 0 Å². The summed E-state index contributed by atoms with van der Waals surface area (Å²) >= 11 is 0. The second-order valence-corrected chi connectivity index (χ2v) is 7.28. The van der Waals surface area contributed by atoms with Crippen molar-refractivity contribution in [2.75, 3.05) is 23.8 Å². The topological polar surface area (TPSA) is 109 Å². The maximum Gasteiger partial charge on any atom is 0.271 e. The van der Waals surface area contributed by atoms with Gasteiger partial charge in [-0.05, 0) is 31.9 Å². The molecule has 1 aliphatic heterocycles. The second kappa shape index (κ2) is 8.34. The minimum Gasteiger partial charge on any atom is -0.364 e. The Kier molecular flexibility index (Phi) is 5.86. The average molecular weight is 397 g/mol. The van der Waals surface area contributed by atoms with E-state index in [0.29, 0.717) is 18.2 Å². The number of carbonyl (C=O) groups excluding carboxylic acids is 2. The molecule has 2 atom stereocenters. The van der Waals surface area contributed by atoms with E-state index in [1.807, 2.05) is 53.8 Å². The van der Waals surface area contributed by atoms with Crippen LogP contribution in [-0.4, -0.2) is 56.9 Å². The van der Waals surface area contributed by atoms with Gasteiger partial charge in [-0.15, -0.1) is 0 Å². The number of likely N-dealkylation sites (N-methyl/N-ethyl adjacent to an activating group) is 1. The molecular weight excluding hydrogens is 370 g/mol. The summed E-state index contributed by atoms with van der Waals surface area (Å²) < 4.78 is 1.88. The highest BCUT2D eigenvalue weighted by atomic mass is 16.2. The molecule has 0 aliphatic carbocycles. The zero-order valence-corrected chi connectivity index (χ0v) is 17.0. The number of aromatic nitrogens is 3. The standard InChI is InChI=1S/C20H27N7O2/c1-5-17(28)27-9-6-7-15(13(27)2)26(4)16-11-22-18(19(21)29)20(24-16)23-14-8-10-25(3)12-14/h5,8,10-13,15H,1,6-7,9H2,2-4H3,(H2,21,29)(H,23,24)/t13-,15-/m1/s1. The van der Waals surface area contributed by atoms with Crippen LogP contribution in [0.25, 0.3) is 0 Å². The van der Waals surface area contributed by atoms with Crippen LogP contribution < -0.4 is 16.0 Å². The van der Waals surface area contributed by atoms with Crippen molar-refractivity contribution in [1.82, 2.24) is 19.4 Å².